The summed E-state index contributed by atoms with van der Waals surface area (Å²) in [5.41, 5.74) is 0. The summed E-state index contributed by atoms with van der Waals surface area (Å²) in [6.07, 6.45) is 26.5. The van der Waals surface area contributed by atoms with Crippen LogP contribution in [0.25, 0.3) is 0 Å². The minimum absolute atomic E-state index is 0.0407. The van der Waals surface area contributed by atoms with Crippen LogP contribution in [-0.2, 0) is 4.79 Å². The standard InChI is InChI=1S/C32H53NO3/c1-3-5-7-8-9-11-26-12-14-27(15-13-26)16-17-28-18-20-29(21-19-28)32(34)36-30-22-23-31(33-25-30)35-24-10-6-4-2/h22-23,25-29H,3-21,24H2,1-2H3. The van der Waals surface area contributed by atoms with Crippen LogP contribution in [0.5, 0.6) is 11.6 Å². The topological polar surface area (TPSA) is 48.4 Å². The van der Waals surface area contributed by atoms with Crippen molar-refractivity contribution >= 4 is 5.97 Å². The zero-order valence-electron chi connectivity index (χ0n) is 23.4. The molecule has 0 amide bonds. The van der Waals surface area contributed by atoms with Gasteiger partial charge in [0.05, 0.1) is 18.7 Å². The van der Waals surface area contributed by atoms with Crippen molar-refractivity contribution in [3.63, 3.8) is 0 Å². The van der Waals surface area contributed by atoms with Crippen molar-refractivity contribution < 1.29 is 14.3 Å². The van der Waals surface area contributed by atoms with E-state index in [2.05, 4.69) is 18.8 Å². The van der Waals surface area contributed by atoms with E-state index in [1.54, 1.807) is 18.3 Å². The number of hydrogen-bond donors (Lipinski definition) is 0. The minimum atomic E-state index is -0.0834. The van der Waals surface area contributed by atoms with Crippen molar-refractivity contribution in [2.75, 3.05) is 6.61 Å². The van der Waals surface area contributed by atoms with Crippen molar-refractivity contribution in [2.24, 2.45) is 23.7 Å². The van der Waals surface area contributed by atoms with Crippen LogP contribution in [0.2, 0.25) is 0 Å². The highest BCUT2D eigenvalue weighted by Gasteiger charge is 2.29. The number of aromatic nitrogens is 1. The zero-order valence-corrected chi connectivity index (χ0v) is 23.4. The Morgan fingerprint density at radius 3 is 1.94 bits per heavy atom. The number of hydrogen-bond acceptors (Lipinski definition) is 4. The molecule has 4 nitrogen and oxygen atoms in total. The first kappa shape index (κ1) is 29.0. The first-order valence-corrected chi connectivity index (χ1v) is 15.5. The van der Waals surface area contributed by atoms with Gasteiger partial charge in [-0.2, -0.15) is 0 Å². The van der Waals surface area contributed by atoms with E-state index in [4.69, 9.17) is 9.47 Å². The fourth-order valence-electron chi connectivity index (χ4n) is 6.24. The molecule has 0 bridgehead atoms. The Balaban J connectivity index is 1.25. The summed E-state index contributed by atoms with van der Waals surface area (Å²) in [6, 6.07) is 3.60. The highest BCUT2D eigenvalue weighted by molar-refractivity contribution is 5.75. The number of rotatable bonds is 16. The molecule has 0 unspecified atom stereocenters. The molecule has 0 atom stereocenters. The largest absolute Gasteiger partial charge is 0.478 e. The molecule has 0 N–H and O–H groups in total. The van der Waals surface area contributed by atoms with Gasteiger partial charge in [-0.15, -0.1) is 0 Å². The van der Waals surface area contributed by atoms with E-state index in [0.29, 0.717) is 18.2 Å². The first-order chi connectivity index (χ1) is 17.7. The maximum absolute atomic E-state index is 12.7. The fourth-order valence-corrected chi connectivity index (χ4v) is 6.24. The van der Waals surface area contributed by atoms with Crippen LogP contribution < -0.4 is 9.47 Å². The summed E-state index contributed by atoms with van der Waals surface area (Å²) in [5, 5.41) is 0. The second-order valence-electron chi connectivity index (χ2n) is 11.7. The first-order valence-electron chi connectivity index (χ1n) is 15.5. The lowest BCUT2D eigenvalue weighted by Crippen LogP contribution is -2.26. The van der Waals surface area contributed by atoms with Gasteiger partial charge in [0, 0.05) is 6.07 Å². The van der Waals surface area contributed by atoms with E-state index < -0.39 is 0 Å². The van der Waals surface area contributed by atoms with Gasteiger partial charge in [-0.3, -0.25) is 4.79 Å². The molecule has 2 aliphatic rings. The highest BCUT2D eigenvalue weighted by atomic mass is 16.5. The van der Waals surface area contributed by atoms with Gasteiger partial charge in [0.1, 0.15) is 5.75 Å². The number of esters is 1. The minimum Gasteiger partial charge on any atom is -0.478 e. The number of unbranched alkanes of at least 4 members (excludes halogenated alkanes) is 6. The molecular formula is C32H53NO3. The van der Waals surface area contributed by atoms with E-state index in [0.717, 1.165) is 43.4 Å². The quantitative estimate of drug-likeness (QED) is 0.168. The van der Waals surface area contributed by atoms with Crippen LogP contribution in [0, 0.1) is 23.7 Å². The second kappa shape index (κ2) is 17.0. The Kier molecular flexibility index (Phi) is 13.7. The molecule has 0 spiro atoms. The monoisotopic (exact) mass is 499 g/mol. The van der Waals surface area contributed by atoms with Gasteiger partial charge in [0.25, 0.3) is 0 Å². The average molecular weight is 500 g/mol. The molecule has 2 saturated carbocycles. The van der Waals surface area contributed by atoms with Gasteiger partial charge in [0.15, 0.2) is 0 Å². The normalized spacial score (nSPS) is 24.4. The van der Waals surface area contributed by atoms with E-state index in [1.165, 1.54) is 96.3 Å². The molecule has 1 heterocycles. The van der Waals surface area contributed by atoms with Crippen molar-refractivity contribution in [1.29, 1.82) is 0 Å². The molecular weight excluding hydrogens is 446 g/mol. The Morgan fingerprint density at radius 2 is 1.33 bits per heavy atom. The Morgan fingerprint density at radius 1 is 0.750 bits per heavy atom. The van der Waals surface area contributed by atoms with Crippen molar-refractivity contribution in [2.45, 2.75) is 136 Å². The van der Waals surface area contributed by atoms with E-state index >= 15 is 0 Å². The summed E-state index contributed by atoms with van der Waals surface area (Å²) in [5.74, 6) is 3.85. The molecule has 204 valence electrons. The summed E-state index contributed by atoms with van der Waals surface area (Å²) in [4.78, 5) is 17.0. The van der Waals surface area contributed by atoms with Gasteiger partial charge in [0.2, 0.25) is 5.88 Å². The number of ether oxygens (including phenoxy) is 2. The summed E-state index contributed by atoms with van der Waals surface area (Å²) in [7, 11) is 0. The van der Waals surface area contributed by atoms with Crippen molar-refractivity contribution in [1.82, 2.24) is 4.98 Å². The molecule has 0 saturated heterocycles. The summed E-state index contributed by atoms with van der Waals surface area (Å²) < 4.78 is 11.3. The van der Waals surface area contributed by atoms with E-state index in [-0.39, 0.29) is 11.9 Å². The highest BCUT2D eigenvalue weighted by Crippen LogP contribution is 2.38. The molecule has 1 aromatic heterocycles. The third kappa shape index (κ3) is 10.8. The van der Waals surface area contributed by atoms with Crippen LogP contribution in [0.15, 0.2) is 18.3 Å². The summed E-state index contributed by atoms with van der Waals surface area (Å²) in [6.45, 7) is 5.16. The fraction of sp³-hybridized carbons (Fsp3) is 0.812. The third-order valence-electron chi connectivity index (χ3n) is 8.77. The maximum atomic E-state index is 12.7. The van der Waals surface area contributed by atoms with E-state index in [1.807, 2.05) is 0 Å². The van der Waals surface area contributed by atoms with Gasteiger partial charge in [-0.25, -0.2) is 4.98 Å². The van der Waals surface area contributed by atoms with Gasteiger partial charge in [-0.1, -0.05) is 104 Å². The molecule has 36 heavy (non-hydrogen) atoms. The lowest BCUT2D eigenvalue weighted by Gasteiger charge is -2.31. The predicted octanol–water partition coefficient (Wildman–Crippen LogP) is 9.31. The van der Waals surface area contributed by atoms with Crippen LogP contribution in [-0.4, -0.2) is 17.6 Å². The second-order valence-corrected chi connectivity index (χ2v) is 11.7. The molecule has 3 rings (SSSR count). The molecule has 0 aromatic carbocycles. The van der Waals surface area contributed by atoms with Crippen LogP contribution >= 0.6 is 0 Å². The van der Waals surface area contributed by atoms with Crippen LogP contribution in [0.1, 0.15) is 136 Å². The zero-order chi connectivity index (χ0) is 25.4. The lowest BCUT2D eigenvalue weighted by atomic mass is 9.75. The molecule has 2 aliphatic carbocycles. The number of pyridine rings is 1. The van der Waals surface area contributed by atoms with Crippen LogP contribution in [0.3, 0.4) is 0 Å². The van der Waals surface area contributed by atoms with Crippen LogP contribution in [0.4, 0.5) is 0 Å². The number of carbonyl (C=O) groups excluding carboxylic acids is 1. The SMILES string of the molecule is CCCCCCCC1CCC(CCC2CCC(C(=O)Oc3ccc(OCCCCC)nc3)CC2)CC1. The molecule has 4 heteroatoms. The lowest BCUT2D eigenvalue weighted by molar-refractivity contribution is -0.140. The molecule has 0 aliphatic heterocycles. The van der Waals surface area contributed by atoms with Gasteiger partial charge in [-0.05, 0) is 55.9 Å². The smallest absolute Gasteiger partial charge is 0.314 e. The third-order valence-corrected chi connectivity index (χ3v) is 8.77. The average Bonchev–Trinajstić information content (AvgIpc) is 2.91. The number of nitrogens with zero attached hydrogens (tertiary/aromatic N) is 1. The molecule has 0 radical (unpaired) electrons. The Labute approximate surface area is 221 Å². The van der Waals surface area contributed by atoms with Crippen molar-refractivity contribution in [3.05, 3.63) is 18.3 Å². The maximum Gasteiger partial charge on any atom is 0.314 e. The Hall–Kier alpha value is -1.58. The summed E-state index contributed by atoms with van der Waals surface area (Å²) >= 11 is 0. The molecule has 1 aromatic rings. The van der Waals surface area contributed by atoms with Gasteiger partial charge < -0.3 is 9.47 Å². The number of carbonyl (C=O) groups is 1. The molecule has 2 fully saturated rings. The Bertz CT molecular complexity index is 703. The van der Waals surface area contributed by atoms with E-state index in [9.17, 15) is 4.79 Å². The van der Waals surface area contributed by atoms with Crippen molar-refractivity contribution in [3.8, 4) is 11.6 Å². The predicted molar refractivity (Wildman–Crippen MR) is 148 cm³/mol. The van der Waals surface area contributed by atoms with Gasteiger partial charge >= 0.3 is 5.97 Å².